The van der Waals surface area contributed by atoms with Crippen LogP contribution >= 0.6 is 11.3 Å². The Morgan fingerprint density at radius 3 is 2.53 bits per heavy atom. The number of hydrogen-bond donors (Lipinski definition) is 1. The highest BCUT2D eigenvalue weighted by Gasteiger charge is 2.35. The molecular formula is C10H15F3N2OS. The molecule has 0 atom stereocenters. The maximum atomic E-state index is 12.5. The van der Waals surface area contributed by atoms with Gasteiger partial charge in [0.15, 0.2) is 5.01 Å². The second-order valence-corrected chi connectivity index (χ2v) is 4.94. The number of aromatic nitrogens is 1. The van der Waals surface area contributed by atoms with Crippen molar-refractivity contribution in [1.82, 2.24) is 10.3 Å². The Balaban J connectivity index is 2.89. The second kappa shape index (κ2) is 5.79. The first kappa shape index (κ1) is 14.4. The molecule has 1 heterocycles. The lowest BCUT2D eigenvalue weighted by molar-refractivity contribution is -0.137. The molecule has 7 heteroatoms. The van der Waals surface area contributed by atoms with Crippen LogP contribution < -0.4 is 5.32 Å². The van der Waals surface area contributed by atoms with Crippen molar-refractivity contribution >= 4 is 11.3 Å². The number of ether oxygens (including phenoxy) is 1. The Hall–Kier alpha value is -0.660. The van der Waals surface area contributed by atoms with Gasteiger partial charge in [-0.2, -0.15) is 13.2 Å². The molecule has 0 fully saturated rings. The molecule has 0 aliphatic heterocycles. The monoisotopic (exact) mass is 268 g/mol. The minimum Gasteiger partial charge on any atom is -0.378 e. The Morgan fingerprint density at radius 1 is 1.41 bits per heavy atom. The summed E-state index contributed by atoms with van der Waals surface area (Å²) in [4.78, 5) is 4.15. The number of hydrogen-bond acceptors (Lipinski definition) is 4. The Kier molecular flexibility index (Phi) is 4.91. The van der Waals surface area contributed by atoms with Gasteiger partial charge in [-0.1, -0.05) is 13.8 Å². The first-order valence-electron chi connectivity index (χ1n) is 5.12. The van der Waals surface area contributed by atoms with Crippen molar-refractivity contribution in [3.05, 3.63) is 15.6 Å². The lowest BCUT2D eigenvalue weighted by atomic mass is 10.3. The fraction of sp³-hybridized carbons (Fsp3) is 0.700. The van der Waals surface area contributed by atoms with Crippen LogP contribution in [0.25, 0.3) is 0 Å². The lowest BCUT2D eigenvalue weighted by Gasteiger charge is -2.07. The summed E-state index contributed by atoms with van der Waals surface area (Å²) in [6.45, 7) is 4.34. The van der Waals surface area contributed by atoms with Crippen LogP contribution in [-0.4, -0.2) is 18.1 Å². The van der Waals surface area contributed by atoms with Gasteiger partial charge >= 0.3 is 6.18 Å². The third-order valence-electron chi connectivity index (χ3n) is 1.97. The number of rotatable bonds is 5. The van der Waals surface area contributed by atoms with Crippen molar-refractivity contribution in [2.24, 2.45) is 0 Å². The maximum absolute atomic E-state index is 12.5. The largest absolute Gasteiger partial charge is 0.443 e. The molecule has 0 unspecified atom stereocenters. The Labute approximate surface area is 102 Å². The fourth-order valence-corrected chi connectivity index (χ4v) is 2.07. The van der Waals surface area contributed by atoms with Crippen LogP contribution in [0.1, 0.15) is 29.4 Å². The summed E-state index contributed by atoms with van der Waals surface area (Å²) < 4.78 is 42.4. The number of alkyl halides is 3. The Morgan fingerprint density at radius 2 is 2.06 bits per heavy atom. The number of halogens is 3. The van der Waals surface area contributed by atoms with Gasteiger partial charge in [0.05, 0.1) is 12.3 Å². The summed E-state index contributed by atoms with van der Waals surface area (Å²) in [6.07, 6.45) is -4.39. The third kappa shape index (κ3) is 4.25. The molecule has 0 aromatic carbocycles. The van der Waals surface area contributed by atoms with E-state index in [1.54, 1.807) is 0 Å². The average Bonchev–Trinajstić information content (AvgIpc) is 2.58. The van der Waals surface area contributed by atoms with Crippen molar-refractivity contribution in [2.75, 3.05) is 7.11 Å². The molecular weight excluding hydrogens is 253 g/mol. The van der Waals surface area contributed by atoms with E-state index in [1.165, 1.54) is 7.11 Å². The van der Waals surface area contributed by atoms with E-state index in [0.717, 1.165) is 0 Å². The molecule has 17 heavy (non-hydrogen) atoms. The van der Waals surface area contributed by atoms with Crippen molar-refractivity contribution < 1.29 is 17.9 Å². The number of thiazole rings is 1. The van der Waals surface area contributed by atoms with Gasteiger partial charge in [0.1, 0.15) is 0 Å². The predicted molar refractivity (Wildman–Crippen MR) is 59.8 cm³/mol. The van der Waals surface area contributed by atoms with Crippen LogP contribution in [0.4, 0.5) is 13.2 Å². The molecule has 1 aromatic heterocycles. The Bertz CT molecular complexity index is 363. The maximum Gasteiger partial charge on any atom is 0.443 e. The van der Waals surface area contributed by atoms with E-state index in [2.05, 4.69) is 10.3 Å². The van der Waals surface area contributed by atoms with Gasteiger partial charge in [-0.05, 0) is 0 Å². The van der Waals surface area contributed by atoms with Crippen LogP contribution in [0.5, 0.6) is 0 Å². The van der Waals surface area contributed by atoms with Gasteiger partial charge in [0, 0.05) is 24.6 Å². The summed E-state index contributed by atoms with van der Waals surface area (Å²) in [7, 11) is 1.44. The molecule has 0 radical (unpaired) electrons. The van der Waals surface area contributed by atoms with E-state index in [0.29, 0.717) is 28.5 Å². The van der Waals surface area contributed by atoms with Crippen LogP contribution in [0.15, 0.2) is 0 Å². The van der Waals surface area contributed by atoms with Gasteiger partial charge in [-0.25, -0.2) is 4.98 Å². The molecule has 0 saturated carbocycles. The zero-order chi connectivity index (χ0) is 13.1. The van der Waals surface area contributed by atoms with Crippen LogP contribution in [0, 0.1) is 0 Å². The molecule has 0 aliphatic carbocycles. The number of nitrogens with zero attached hydrogens (tertiary/aromatic N) is 1. The van der Waals surface area contributed by atoms with Crippen molar-refractivity contribution in [3.8, 4) is 0 Å². The fourth-order valence-electron chi connectivity index (χ4n) is 1.19. The molecule has 3 nitrogen and oxygen atoms in total. The van der Waals surface area contributed by atoms with Gasteiger partial charge in [0.2, 0.25) is 0 Å². The van der Waals surface area contributed by atoms with E-state index in [-0.39, 0.29) is 12.6 Å². The first-order valence-corrected chi connectivity index (χ1v) is 5.94. The van der Waals surface area contributed by atoms with Crippen LogP contribution in [0.2, 0.25) is 0 Å². The average molecular weight is 268 g/mol. The van der Waals surface area contributed by atoms with Gasteiger partial charge in [-0.3, -0.25) is 0 Å². The number of nitrogens with one attached hydrogen (secondary N) is 1. The highest BCUT2D eigenvalue weighted by molar-refractivity contribution is 7.11. The van der Waals surface area contributed by atoms with E-state index in [9.17, 15) is 13.2 Å². The third-order valence-corrected chi connectivity index (χ3v) is 3.12. The van der Waals surface area contributed by atoms with Gasteiger partial charge in [-0.15, -0.1) is 11.3 Å². The highest BCUT2D eigenvalue weighted by Crippen LogP contribution is 2.34. The number of methoxy groups -OCH3 is 1. The second-order valence-electron chi connectivity index (χ2n) is 3.86. The normalized spacial score (nSPS) is 12.4. The molecule has 0 aliphatic rings. The first-order chi connectivity index (χ1) is 7.84. The quantitative estimate of drug-likeness (QED) is 0.891. The predicted octanol–water partition coefficient (Wildman–Crippen LogP) is 2.81. The topological polar surface area (TPSA) is 34.1 Å². The van der Waals surface area contributed by atoms with Crippen LogP contribution in [-0.2, 0) is 24.1 Å². The van der Waals surface area contributed by atoms with Crippen LogP contribution in [0.3, 0.4) is 0 Å². The van der Waals surface area contributed by atoms with E-state index in [4.69, 9.17) is 4.74 Å². The summed E-state index contributed by atoms with van der Waals surface area (Å²) in [5.74, 6) is 0. The molecule has 98 valence electrons. The zero-order valence-electron chi connectivity index (χ0n) is 9.89. The van der Waals surface area contributed by atoms with E-state index >= 15 is 0 Å². The zero-order valence-corrected chi connectivity index (χ0v) is 10.7. The molecule has 0 bridgehead atoms. The smallest absolute Gasteiger partial charge is 0.378 e. The summed E-state index contributed by atoms with van der Waals surface area (Å²) in [6, 6.07) is 0.210. The summed E-state index contributed by atoms with van der Waals surface area (Å²) in [5.41, 5.74) is 0.359. The van der Waals surface area contributed by atoms with Crippen molar-refractivity contribution in [2.45, 2.75) is 39.2 Å². The van der Waals surface area contributed by atoms with Crippen molar-refractivity contribution in [1.29, 1.82) is 0 Å². The molecule has 0 amide bonds. The van der Waals surface area contributed by atoms with Crippen molar-refractivity contribution in [3.63, 3.8) is 0 Å². The summed E-state index contributed by atoms with van der Waals surface area (Å²) in [5, 5.41) is 2.26. The van der Waals surface area contributed by atoms with E-state index < -0.39 is 11.2 Å². The molecule has 1 rings (SSSR count). The van der Waals surface area contributed by atoms with Gasteiger partial charge < -0.3 is 10.1 Å². The minimum atomic E-state index is -4.39. The van der Waals surface area contributed by atoms with E-state index in [1.807, 2.05) is 13.8 Å². The molecule has 0 spiro atoms. The standard InChI is InChI=1S/C10H15F3N2OS/c1-6(2)14-4-8-7(5-16-3)15-9(17-8)10(11,12)13/h6,14H,4-5H2,1-3H3. The SMILES string of the molecule is COCc1nc(C(F)(F)F)sc1CNC(C)C. The minimum absolute atomic E-state index is 0.0989. The summed E-state index contributed by atoms with van der Waals surface area (Å²) >= 11 is 0.670. The molecule has 1 N–H and O–H groups in total. The molecule has 0 saturated heterocycles. The van der Waals surface area contributed by atoms with Gasteiger partial charge in [0.25, 0.3) is 0 Å². The highest BCUT2D eigenvalue weighted by atomic mass is 32.1. The molecule has 1 aromatic rings. The lowest BCUT2D eigenvalue weighted by Crippen LogP contribution is -2.21.